The van der Waals surface area contributed by atoms with Gasteiger partial charge in [-0.05, 0) is 62.1 Å². The van der Waals surface area contributed by atoms with Crippen molar-refractivity contribution >= 4 is 12.0 Å². The molecule has 2 N–H and O–H groups in total. The second kappa shape index (κ2) is 12.0. The topological polar surface area (TPSA) is 124 Å². The fourth-order valence-corrected chi connectivity index (χ4v) is 4.02. The lowest BCUT2D eigenvalue weighted by molar-refractivity contribution is -0.137. The molecule has 0 bridgehead atoms. The van der Waals surface area contributed by atoms with Gasteiger partial charge in [-0.3, -0.25) is 9.78 Å². The molecule has 0 aliphatic rings. The van der Waals surface area contributed by atoms with Gasteiger partial charge in [0.05, 0.1) is 30.2 Å². The van der Waals surface area contributed by atoms with Crippen molar-refractivity contribution in [2.75, 3.05) is 0 Å². The molecule has 13 heteroatoms. The lowest BCUT2D eigenvalue weighted by atomic mass is 9.95. The molecule has 220 valence electrons. The number of carbonyl (C=O) groups is 2. The number of aromatic nitrogens is 5. The molecule has 4 aromatic rings. The van der Waals surface area contributed by atoms with Gasteiger partial charge in [0.1, 0.15) is 22.7 Å². The first-order valence-electron chi connectivity index (χ1n) is 13.0. The van der Waals surface area contributed by atoms with Crippen LogP contribution in [0.2, 0.25) is 0 Å². The Morgan fingerprint density at radius 3 is 2.33 bits per heavy atom. The van der Waals surface area contributed by atoms with Crippen LogP contribution in [-0.4, -0.2) is 42.6 Å². The highest BCUT2D eigenvalue weighted by Gasteiger charge is 2.31. The summed E-state index contributed by atoms with van der Waals surface area (Å²) >= 11 is 0. The van der Waals surface area contributed by atoms with Crippen molar-refractivity contribution in [3.05, 3.63) is 83.4 Å². The van der Waals surface area contributed by atoms with Crippen LogP contribution >= 0.6 is 0 Å². The van der Waals surface area contributed by atoms with Gasteiger partial charge in [0.25, 0.3) is 5.91 Å². The van der Waals surface area contributed by atoms with E-state index in [-0.39, 0.29) is 12.2 Å². The molecule has 2 aromatic carbocycles. The Balaban J connectivity index is 1.51. The number of hydrogen-bond donors (Lipinski definition) is 2. The highest BCUT2D eigenvalue weighted by molar-refractivity contribution is 5.92. The van der Waals surface area contributed by atoms with Crippen LogP contribution in [0, 0.1) is 0 Å². The number of hydrogen-bond acceptors (Lipinski definition) is 7. The molecule has 0 saturated carbocycles. The van der Waals surface area contributed by atoms with Gasteiger partial charge in [-0.1, -0.05) is 30.3 Å². The van der Waals surface area contributed by atoms with E-state index in [4.69, 9.17) is 4.74 Å². The number of amides is 2. The summed E-state index contributed by atoms with van der Waals surface area (Å²) in [5.74, 6) is -0.460. The van der Waals surface area contributed by atoms with Gasteiger partial charge >= 0.3 is 12.3 Å². The van der Waals surface area contributed by atoms with E-state index in [1.54, 1.807) is 59.0 Å². The zero-order chi connectivity index (χ0) is 30.7. The van der Waals surface area contributed by atoms with E-state index < -0.39 is 35.4 Å². The lowest BCUT2D eigenvalue weighted by Crippen LogP contribution is -2.32. The van der Waals surface area contributed by atoms with Crippen molar-refractivity contribution in [2.24, 2.45) is 7.05 Å². The fraction of sp³-hybridized carbons (Fsp3) is 0.310. The van der Waals surface area contributed by atoms with E-state index in [1.807, 2.05) is 0 Å². The number of halogens is 3. The van der Waals surface area contributed by atoms with E-state index in [0.717, 1.165) is 12.1 Å². The number of rotatable bonds is 7. The quantitative estimate of drug-likeness (QED) is 0.297. The van der Waals surface area contributed by atoms with E-state index in [9.17, 15) is 22.8 Å². The number of alkyl carbamates (subject to hydrolysis) is 1. The molecular formula is C29H30F3N7O3. The molecule has 0 radical (unpaired) electrons. The van der Waals surface area contributed by atoms with Crippen molar-refractivity contribution < 1.29 is 27.5 Å². The average molecular weight is 582 g/mol. The van der Waals surface area contributed by atoms with Gasteiger partial charge in [0.15, 0.2) is 0 Å². The van der Waals surface area contributed by atoms with Gasteiger partial charge in [0.2, 0.25) is 0 Å². The van der Waals surface area contributed by atoms with Gasteiger partial charge in [-0.2, -0.15) is 28.2 Å². The third-order valence-corrected chi connectivity index (χ3v) is 6.06. The third kappa shape index (κ3) is 7.68. The maximum absolute atomic E-state index is 13.5. The van der Waals surface area contributed by atoms with Crippen molar-refractivity contribution in [3.63, 3.8) is 0 Å². The predicted octanol–water partition coefficient (Wildman–Crippen LogP) is 5.47. The predicted molar refractivity (Wildman–Crippen MR) is 148 cm³/mol. The monoisotopic (exact) mass is 581 g/mol. The zero-order valence-electron chi connectivity index (χ0n) is 23.7. The molecule has 0 aliphatic carbocycles. The maximum atomic E-state index is 13.5. The van der Waals surface area contributed by atoms with Crippen LogP contribution in [0.1, 0.15) is 60.9 Å². The smallest absolute Gasteiger partial charge is 0.416 e. The van der Waals surface area contributed by atoms with E-state index in [0.29, 0.717) is 33.6 Å². The minimum atomic E-state index is -4.54. The number of aryl methyl sites for hydroxylation is 1. The summed E-state index contributed by atoms with van der Waals surface area (Å²) < 4.78 is 45.8. The number of benzene rings is 2. The van der Waals surface area contributed by atoms with Crippen LogP contribution < -0.4 is 10.6 Å². The van der Waals surface area contributed by atoms with Crippen LogP contribution in [0.4, 0.5) is 18.0 Å². The van der Waals surface area contributed by atoms with E-state index in [2.05, 4.69) is 30.8 Å². The molecule has 0 unspecified atom stereocenters. The minimum Gasteiger partial charge on any atom is -0.444 e. The van der Waals surface area contributed by atoms with Gasteiger partial charge in [-0.15, -0.1) is 0 Å². The van der Waals surface area contributed by atoms with Gasteiger partial charge in [0, 0.05) is 13.6 Å². The summed E-state index contributed by atoms with van der Waals surface area (Å²) in [5.41, 5.74) is 1.42. The largest absolute Gasteiger partial charge is 0.444 e. The SMILES string of the molecule is C[C@@H](NC(=O)c1cncc(-c2cnn(C)n2)n1)c1ccc(-c2cc(C(F)(F)F)ccc2CNC(=O)OC(C)(C)C)cc1. The van der Waals surface area contributed by atoms with Crippen molar-refractivity contribution in [1.82, 2.24) is 35.6 Å². The second-order valence-corrected chi connectivity index (χ2v) is 10.6. The summed E-state index contributed by atoms with van der Waals surface area (Å²) in [6, 6.07) is 9.67. The molecule has 0 spiro atoms. The molecule has 10 nitrogen and oxygen atoms in total. The number of carbonyl (C=O) groups excluding carboxylic acids is 2. The highest BCUT2D eigenvalue weighted by atomic mass is 19.4. The number of alkyl halides is 3. The first-order valence-corrected chi connectivity index (χ1v) is 13.0. The maximum Gasteiger partial charge on any atom is 0.416 e. The molecule has 1 atom stereocenters. The lowest BCUT2D eigenvalue weighted by Gasteiger charge is -2.20. The molecule has 42 heavy (non-hydrogen) atoms. The van der Waals surface area contributed by atoms with Crippen LogP contribution in [0.3, 0.4) is 0 Å². The van der Waals surface area contributed by atoms with E-state index >= 15 is 0 Å². The highest BCUT2D eigenvalue weighted by Crippen LogP contribution is 2.34. The van der Waals surface area contributed by atoms with Gasteiger partial charge in [-0.25, -0.2) is 9.78 Å². The average Bonchev–Trinajstić information content (AvgIpc) is 3.36. The number of nitrogens with zero attached hydrogens (tertiary/aromatic N) is 5. The molecule has 4 rings (SSSR count). The Bertz CT molecular complexity index is 1580. The molecule has 0 aliphatic heterocycles. The molecule has 0 saturated heterocycles. The van der Waals surface area contributed by atoms with E-state index in [1.165, 1.54) is 29.5 Å². The summed E-state index contributed by atoms with van der Waals surface area (Å²) in [5, 5.41) is 13.6. The van der Waals surface area contributed by atoms with Crippen molar-refractivity contribution in [3.8, 4) is 22.5 Å². The molecular weight excluding hydrogens is 551 g/mol. The Morgan fingerprint density at radius 2 is 1.71 bits per heavy atom. The van der Waals surface area contributed by atoms with Crippen LogP contribution in [-0.2, 0) is 24.5 Å². The standard InChI is InChI=1S/C29H30F3N7O3/c1-17(36-26(40)25-15-33-14-23(37-25)24-16-35-39(5)38-24)18-6-8-19(9-7-18)22-12-21(29(30,31)32)11-10-20(22)13-34-27(41)42-28(2,3)4/h6-12,14-17H,13H2,1-5H3,(H,34,41)(H,36,40)/t17-/m1/s1. The molecule has 2 amide bonds. The summed E-state index contributed by atoms with van der Waals surface area (Å²) in [4.78, 5) is 34.8. The van der Waals surface area contributed by atoms with Gasteiger partial charge < -0.3 is 15.4 Å². The minimum absolute atomic E-state index is 0.0364. The normalized spacial score (nSPS) is 12.5. The molecule has 0 fully saturated rings. The van der Waals surface area contributed by atoms with Crippen LogP contribution in [0.5, 0.6) is 0 Å². The summed E-state index contributed by atoms with van der Waals surface area (Å²) in [7, 11) is 1.66. The number of ether oxygens (including phenoxy) is 1. The Hall–Kier alpha value is -4.81. The molecule has 2 heterocycles. The first kappa shape index (κ1) is 30.2. The van der Waals surface area contributed by atoms with Crippen LogP contribution in [0.25, 0.3) is 22.5 Å². The van der Waals surface area contributed by atoms with Crippen molar-refractivity contribution in [1.29, 1.82) is 0 Å². The Morgan fingerprint density at radius 1 is 1.00 bits per heavy atom. The Labute approximate surface area is 240 Å². The second-order valence-electron chi connectivity index (χ2n) is 10.6. The first-order chi connectivity index (χ1) is 19.7. The van der Waals surface area contributed by atoms with Crippen molar-refractivity contribution in [2.45, 2.75) is 52.1 Å². The number of nitrogens with one attached hydrogen (secondary N) is 2. The fourth-order valence-electron chi connectivity index (χ4n) is 4.02. The molecule has 2 aromatic heterocycles. The summed E-state index contributed by atoms with van der Waals surface area (Å²) in [6.07, 6.45) is -0.892. The summed E-state index contributed by atoms with van der Waals surface area (Å²) in [6.45, 7) is 6.88. The zero-order valence-corrected chi connectivity index (χ0v) is 23.7. The third-order valence-electron chi connectivity index (χ3n) is 6.06. The Kier molecular flexibility index (Phi) is 8.59. The van der Waals surface area contributed by atoms with Crippen LogP contribution in [0.15, 0.2) is 61.1 Å².